The smallest absolute Gasteiger partial charge is 0.129 e. The molecule has 0 bridgehead atoms. The Balaban J connectivity index is 1.91. The first-order chi connectivity index (χ1) is 9.19. The second kappa shape index (κ2) is 6.65. The molecule has 0 radical (unpaired) electrons. The Hall–Kier alpha value is -1.44. The molecule has 1 aromatic carbocycles. The second-order valence-corrected chi connectivity index (χ2v) is 5.20. The van der Waals surface area contributed by atoms with E-state index in [1.807, 2.05) is 13.1 Å². The van der Waals surface area contributed by atoms with Crippen LogP contribution in [0.2, 0.25) is 0 Å². The predicted molar refractivity (Wildman–Crippen MR) is 71.0 cm³/mol. The SMILES string of the molecule is CN(Cc1ccc(C#N)cc1F)C[C@@H]1CCCOC1. The lowest BCUT2D eigenvalue weighted by Gasteiger charge is -2.27. The molecule has 1 fully saturated rings. The van der Waals surface area contributed by atoms with Crippen LogP contribution in [0.5, 0.6) is 0 Å². The molecular formula is C15H19FN2O. The van der Waals surface area contributed by atoms with Crippen LogP contribution in [-0.2, 0) is 11.3 Å². The summed E-state index contributed by atoms with van der Waals surface area (Å²) in [5.74, 6) is 0.242. The van der Waals surface area contributed by atoms with E-state index in [1.54, 1.807) is 12.1 Å². The summed E-state index contributed by atoms with van der Waals surface area (Å²) in [5, 5.41) is 8.71. The summed E-state index contributed by atoms with van der Waals surface area (Å²) in [6.45, 7) is 3.15. The van der Waals surface area contributed by atoms with E-state index in [1.165, 1.54) is 12.5 Å². The van der Waals surface area contributed by atoms with Gasteiger partial charge < -0.3 is 9.64 Å². The Kier molecular flexibility index (Phi) is 4.89. The average Bonchev–Trinajstić information content (AvgIpc) is 2.42. The van der Waals surface area contributed by atoms with Crippen LogP contribution in [0.15, 0.2) is 18.2 Å². The zero-order valence-electron chi connectivity index (χ0n) is 11.2. The molecule has 1 atom stereocenters. The number of benzene rings is 1. The Bertz CT molecular complexity index is 464. The van der Waals surface area contributed by atoms with Crippen molar-refractivity contribution in [3.63, 3.8) is 0 Å². The van der Waals surface area contributed by atoms with Gasteiger partial charge in [0.1, 0.15) is 5.82 Å². The lowest BCUT2D eigenvalue weighted by atomic mass is 10.0. The maximum absolute atomic E-state index is 13.8. The predicted octanol–water partition coefficient (Wildman–Crippen LogP) is 2.56. The van der Waals surface area contributed by atoms with Gasteiger partial charge in [-0.2, -0.15) is 5.26 Å². The monoisotopic (exact) mass is 262 g/mol. The summed E-state index contributed by atoms with van der Waals surface area (Å²) in [5.41, 5.74) is 1.00. The summed E-state index contributed by atoms with van der Waals surface area (Å²) in [6, 6.07) is 6.60. The van der Waals surface area contributed by atoms with Crippen LogP contribution in [0.25, 0.3) is 0 Å². The minimum atomic E-state index is -0.300. The molecule has 1 aromatic rings. The molecule has 1 aliphatic heterocycles. The molecular weight excluding hydrogens is 243 g/mol. The molecule has 2 rings (SSSR count). The van der Waals surface area contributed by atoms with Gasteiger partial charge in [-0.25, -0.2) is 4.39 Å². The van der Waals surface area contributed by atoms with E-state index in [9.17, 15) is 4.39 Å². The van der Waals surface area contributed by atoms with Crippen LogP contribution in [0, 0.1) is 23.1 Å². The number of rotatable bonds is 4. The van der Waals surface area contributed by atoms with Gasteiger partial charge in [-0.3, -0.25) is 0 Å². The van der Waals surface area contributed by atoms with Gasteiger partial charge in [-0.15, -0.1) is 0 Å². The first kappa shape index (κ1) is 14.0. The van der Waals surface area contributed by atoms with Crippen molar-refractivity contribution >= 4 is 0 Å². The van der Waals surface area contributed by atoms with Crippen LogP contribution < -0.4 is 0 Å². The highest BCUT2D eigenvalue weighted by molar-refractivity contribution is 5.32. The van der Waals surface area contributed by atoms with Crippen molar-refractivity contribution in [3.05, 3.63) is 35.1 Å². The molecule has 1 heterocycles. The van der Waals surface area contributed by atoms with Crippen LogP contribution in [0.3, 0.4) is 0 Å². The molecule has 0 saturated carbocycles. The van der Waals surface area contributed by atoms with Crippen molar-refractivity contribution in [1.82, 2.24) is 4.90 Å². The first-order valence-electron chi connectivity index (χ1n) is 6.64. The minimum absolute atomic E-state index is 0.300. The average molecular weight is 262 g/mol. The number of ether oxygens (including phenoxy) is 1. The summed E-state index contributed by atoms with van der Waals surface area (Å²) >= 11 is 0. The zero-order chi connectivity index (χ0) is 13.7. The molecule has 0 N–H and O–H groups in total. The van der Waals surface area contributed by atoms with Gasteiger partial charge in [0.05, 0.1) is 18.2 Å². The van der Waals surface area contributed by atoms with Crippen molar-refractivity contribution < 1.29 is 9.13 Å². The molecule has 0 unspecified atom stereocenters. The van der Waals surface area contributed by atoms with Crippen LogP contribution in [0.4, 0.5) is 4.39 Å². The van der Waals surface area contributed by atoms with Gasteiger partial charge in [0.25, 0.3) is 0 Å². The third-order valence-corrected chi connectivity index (χ3v) is 3.45. The highest BCUT2D eigenvalue weighted by atomic mass is 19.1. The van der Waals surface area contributed by atoms with E-state index in [-0.39, 0.29) is 5.82 Å². The highest BCUT2D eigenvalue weighted by Gasteiger charge is 2.16. The Morgan fingerprint density at radius 3 is 3.00 bits per heavy atom. The number of halogens is 1. The fraction of sp³-hybridized carbons (Fsp3) is 0.533. The molecule has 0 aliphatic carbocycles. The van der Waals surface area contributed by atoms with Crippen LogP contribution >= 0.6 is 0 Å². The molecule has 102 valence electrons. The molecule has 1 aliphatic rings. The van der Waals surface area contributed by atoms with Crippen molar-refractivity contribution in [1.29, 1.82) is 5.26 Å². The normalized spacial score (nSPS) is 19.4. The quantitative estimate of drug-likeness (QED) is 0.836. The molecule has 1 saturated heterocycles. The van der Waals surface area contributed by atoms with Gasteiger partial charge in [0.15, 0.2) is 0 Å². The fourth-order valence-corrected chi connectivity index (χ4v) is 2.49. The van der Waals surface area contributed by atoms with E-state index in [0.717, 1.165) is 26.2 Å². The number of nitriles is 1. The zero-order valence-corrected chi connectivity index (χ0v) is 11.2. The molecule has 19 heavy (non-hydrogen) atoms. The Morgan fingerprint density at radius 2 is 2.37 bits per heavy atom. The van der Waals surface area contributed by atoms with Gasteiger partial charge in [-0.1, -0.05) is 6.07 Å². The summed E-state index contributed by atoms with van der Waals surface area (Å²) in [7, 11) is 1.99. The summed E-state index contributed by atoms with van der Waals surface area (Å²) in [4.78, 5) is 2.11. The minimum Gasteiger partial charge on any atom is -0.381 e. The van der Waals surface area contributed by atoms with Crippen molar-refractivity contribution in [2.45, 2.75) is 19.4 Å². The summed E-state index contributed by atoms with van der Waals surface area (Å²) < 4.78 is 19.2. The number of nitrogens with zero attached hydrogens (tertiary/aromatic N) is 2. The van der Waals surface area contributed by atoms with E-state index in [2.05, 4.69) is 4.90 Å². The maximum Gasteiger partial charge on any atom is 0.129 e. The fourth-order valence-electron chi connectivity index (χ4n) is 2.49. The molecule has 0 aromatic heterocycles. The van der Waals surface area contributed by atoms with Gasteiger partial charge in [0.2, 0.25) is 0 Å². The molecule has 4 heteroatoms. The third kappa shape index (κ3) is 4.02. The largest absolute Gasteiger partial charge is 0.381 e. The van der Waals surface area contributed by atoms with Gasteiger partial charge >= 0.3 is 0 Å². The molecule has 3 nitrogen and oxygen atoms in total. The standard InChI is InChI=1S/C15H19FN2O/c1-18(9-13-3-2-6-19-11-13)10-14-5-4-12(8-17)7-15(14)16/h4-5,7,13H,2-3,6,9-11H2,1H3/t13-/m0/s1. The van der Waals surface area contributed by atoms with E-state index in [4.69, 9.17) is 10.00 Å². The van der Waals surface area contributed by atoms with Gasteiger partial charge in [-0.05, 0) is 37.9 Å². The third-order valence-electron chi connectivity index (χ3n) is 3.45. The Morgan fingerprint density at radius 1 is 1.53 bits per heavy atom. The van der Waals surface area contributed by atoms with E-state index < -0.39 is 0 Å². The Labute approximate surface area is 113 Å². The molecule has 0 amide bonds. The lowest BCUT2D eigenvalue weighted by molar-refractivity contribution is 0.0410. The van der Waals surface area contributed by atoms with Crippen LogP contribution in [0.1, 0.15) is 24.0 Å². The lowest BCUT2D eigenvalue weighted by Crippen LogP contribution is -2.30. The number of hydrogen-bond donors (Lipinski definition) is 0. The van der Waals surface area contributed by atoms with Crippen molar-refractivity contribution in [2.75, 3.05) is 26.8 Å². The highest BCUT2D eigenvalue weighted by Crippen LogP contribution is 2.17. The van der Waals surface area contributed by atoms with Crippen molar-refractivity contribution in [3.8, 4) is 6.07 Å². The first-order valence-corrected chi connectivity index (χ1v) is 6.64. The van der Waals surface area contributed by atoms with E-state index in [0.29, 0.717) is 23.6 Å². The van der Waals surface area contributed by atoms with E-state index >= 15 is 0 Å². The topological polar surface area (TPSA) is 36.3 Å². The maximum atomic E-state index is 13.8. The van der Waals surface area contributed by atoms with Crippen LogP contribution in [-0.4, -0.2) is 31.7 Å². The molecule has 0 spiro atoms. The second-order valence-electron chi connectivity index (χ2n) is 5.20. The van der Waals surface area contributed by atoms with Gasteiger partial charge in [0, 0.05) is 25.3 Å². The number of hydrogen-bond acceptors (Lipinski definition) is 3. The van der Waals surface area contributed by atoms with Crippen molar-refractivity contribution in [2.24, 2.45) is 5.92 Å². The summed E-state index contributed by atoms with van der Waals surface area (Å²) in [6.07, 6.45) is 2.30.